The molecule has 0 aromatic carbocycles. The van der Waals surface area contributed by atoms with Gasteiger partial charge in [0.05, 0.1) is 18.8 Å². The Hall–Kier alpha value is -1.63. The van der Waals surface area contributed by atoms with Crippen LogP contribution in [-0.4, -0.2) is 32.3 Å². The SMILES string of the molecule is COc1c(C)cnc(CSc2nnnn2C2CC2)c1C. The number of thioether (sulfide) groups is 1. The van der Waals surface area contributed by atoms with Gasteiger partial charge < -0.3 is 4.74 Å². The molecule has 1 aliphatic rings. The number of pyridine rings is 1. The Morgan fingerprint density at radius 1 is 1.40 bits per heavy atom. The third-order valence-corrected chi connectivity index (χ3v) is 4.39. The first-order valence-corrected chi connectivity index (χ1v) is 7.59. The van der Waals surface area contributed by atoms with Crippen molar-refractivity contribution >= 4 is 11.8 Å². The summed E-state index contributed by atoms with van der Waals surface area (Å²) in [7, 11) is 1.69. The fourth-order valence-electron chi connectivity index (χ4n) is 2.18. The van der Waals surface area contributed by atoms with Gasteiger partial charge in [0.15, 0.2) is 0 Å². The second-order valence-electron chi connectivity index (χ2n) is 4.97. The molecule has 106 valence electrons. The van der Waals surface area contributed by atoms with E-state index in [4.69, 9.17) is 4.74 Å². The zero-order chi connectivity index (χ0) is 14.1. The first kappa shape index (κ1) is 13.4. The minimum absolute atomic E-state index is 0.495. The van der Waals surface area contributed by atoms with Crippen molar-refractivity contribution in [2.75, 3.05) is 7.11 Å². The average molecular weight is 291 g/mol. The standard InChI is InChI=1S/C13H17N5OS/c1-8-6-14-11(9(2)12(8)19-3)7-20-13-15-16-17-18(13)10-4-5-10/h6,10H,4-5,7H2,1-3H3. The summed E-state index contributed by atoms with van der Waals surface area (Å²) in [5, 5.41) is 12.8. The number of hydrogen-bond acceptors (Lipinski definition) is 6. The van der Waals surface area contributed by atoms with Gasteiger partial charge in [0.2, 0.25) is 5.16 Å². The zero-order valence-electron chi connectivity index (χ0n) is 11.8. The number of methoxy groups -OCH3 is 1. The van der Waals surface area contributed by atoms with Crippen LogP contribution in [0.5, 0.6) is 5.75 Å². The van der Waals surface area contributed by atoms with Crippen LogP contribution < -0.4 is 4.74 Å². The van der Waals surface area contributed by atoms with Crippen molar-refractivity contribution in [3.05, 3.63) is 23.0 Å². The summed E-state index contributed by atoms with van der Waals surface area (Å²) in [5.41, 5.74) is 3.16. The molecule has 20 heavy (non-hydrogen) atoms. The molecular formula is C13H17N5OS. The number of hydrogen-bond donors (Lipinski definition) is 0. The second kappa shape index (κ2) is 5.40. The van der Waals surface area contributed by atoms with Crippen LogP contribution in [0.15, 0.2) is 11.4 Å². The van der Waals surface area contributed by atoms with Crippen molar-refractivity contribution < 1.29 is 4.74 Å². The number of aryl methyl sites for hydroxylation is 1. The lowest BCUT2D eigenvalue weighted by molar-refractivity contribution is 0.407. The summed E-state index contributed by atoms with van der Waals surface area (Å²) in [5.74, 6) is 1.66. The van der Waals surface area contributed by atoms with Gasteiger partial charge in [0.1, 0.15) is 5.75 Å². The molecule has 2 aromatic heterocycles. The van der Waals surface area contributed by atoms with E-state index in [0.29, 0.717) is 6.04 Å². The van der Waals surface area contributed by atoms with Crippen LogP contribution >= 0.6 is 11.8 Å². The lowest BCUT2D eigenvalue weighted by Gasteiger charge is -2.11. The summed E-state index contributed by atoms with van der Waals surface area (Å²) in [6.07, 6.45) is 4.20. The molecular weight excluding hydrogens is 274 g/mol. The molecule has 1 aliphatic carbocycles. The third-order valence-electron chi connectivity index (χ3n) is 3.44. The van der Waals surface area contributed by atoms with E-state index in [2.05, 4.69) is 20.5 Å². The number of aromatic nitrogens is 5. The molecule has 0 radical (unpaired) electrons. The van der Waals surface area contributed by atoms with Gasteiger partial charge in [0, 0.05) is 23.1 Å². The molecule has 0 amide bonds. The Kier molecular flexibility index (Phi) is 3.60. The molecule has 3 rings (SSSR count). The molecule has 6 nitrogen and oxygen atoms in total. The number of nitrogens with zero attached hydrogens (tertiary/aromatic N) is 5. The quantitative estimate of drug-likeness (QED) is 0.788. The molecule has 1 fully saturated rings. The molecule has 2 aromatic rings. The number of rotatable bonds is 5. The van der Waals surface area contributed by atoms with E-state index >= 15 is 0 Å². The van der Waals surface area contributed by atoms with E-state index in [0.717, 1.165) is 33.5 Å². The summed E-state index contributed by atoms with van der Waals surface area (Å²) in [4.78, 5) is 4.50. The van der Waals surface area contributed by atoms with Crippen LogP contribution in [-0.2, 0) is 5.75 Å². The van der Waals surface area contributed by atoms with Crippen LogP contribution in [0, 0.1) is 13.8 Å². The van der Waals surface area contributed by atoms with Crippen molar-refractivity contribution in [1.82, 2.24) is 25.2 Å². The van der Waals surface area contributed by atoms with E-state index in [1.165, 1.54) is 12.8 Å². The molecule has 7 heteroatoms. The summed E-state index contributed by atoms with van der Waals surface area (Å²) < 4.78 is 7.35. The first-order chi connectivity index (χ1) is 9.70. The summed E-state index contributed by atoms with van der Waals surface area (Å²) in [6.45, 7) is 4.04. The van der Waals surface area contributed by atoms with Crippen LogP contribution in [0.25, 0.3) is 0 Å². The first-order valence-electron chi connectivity index (χ1n) is 6.60. The molecule has 0 atom stereocenters. The third kappa shape index (κ3) is 2.49. The minimum atomic E-state index is 0.495. The van der Waals surface area contributed by atoms with E-state index in [1.54, 1.807) is 18.9 Å². The van der Waals surface area contributed by atoms with Crippen LogP contribution in [0.1, 0.15) is 35.7 Å². The Morgan fingerprint density at radius 2 is 2.20 bits per heavy atom. The van der Waals surface area contributed by atoms with E-state index < -0.39 is 0 Å². The summed E-state index contributed by atoms with van der Waals surface area (Å²) >= 11 is 1.62. The molecule has 0 bridgehead atoms. The highest BCUT2D eigenvalue weighted by Crippen LogP contribution is 2.37. The Labute approximate surface area is 121 Å². The Morgan fingerprint density at radius 3 is 2.90 bits per heavy atom. The van der Waals surface area contributed by atoms with Crippen molar-refractivity contribution in [3.8, 4) is 5.75 Å². The molecule has 0 saturated heterocycles. The second-order valence-corrected chi connectivity index (χ2v) is 5.91. The largest absolute Gasteiger partial charge is 0.496 e. The van der Waals surface area contributed by atoms with Gasteiger partial charge in [-0.2, -0.15) is 0 Å². The fourth-order valence-corrected chi connectivity index (χ4v) is 3.15. The van der Waals surface area contributed by atoms with Gasteiger partial charge in [-0.15, -0.1) is 5.10 Å². The lowest BCUT2D eigenvalue weighted by atomic mass is 10.1. The average Bonchev–Trinajstić information content (AvgIpc) is 3.18. The van der Waals surface area contributed by atoms with E-state index in [-0.39, 0.29) is 0 Å². The number of ether oxygens (including phenoxy) is 1. The maximum atomic E-state index is 5.43. The highest BCUT2D eigenvalue weighted by atomic mass is 32.2. The van der Waals surface area contributed by atoms with Gasteiger partial charge in [-0.3, -0.25) is 4.98 Å². The predicted molar refractivity (Wildman–Crippen MR) is 75.9 cm³/mol. The van der Waals surface area contributed by atoms with Gasteiger partial charge in [-0.25, -0.2) is 4.68 Å². The van der Waals surface area contributed by atoms with E-state index in [1.807, 2.05) is 24.7 Å². The highest BCUT2D eigenvalue weighted by molar-refractivity contribution is 7.98. The topological polar surface area (TPSA) is 65.7 Å². The van der Waals surface area contributed by atoms with Crippen molar-refractivity contribution in [1.29, 1.82) is 0 Å². The van der Waals surface area contributed by atoms with Crippen molar-refractivity contribution in [2.45, 2.75) is 43.6 Å². The minimum Gasteiger partial charge on any atom is -0.496 e. The smallest absolute Gasteiger partial charge is 0.209 e. The maximum absolute atomic E-state index is 5.43. The Balaban J connectivity index is 1.76. The van der Waals surface area contributed by atoms with Crippen LogP contribution in [0.3, 0.4) is 0 Å². The molecule has 0 N–H and O–H groups in total. The van der Waals surface area contributed by atoms with Gasteiger partial charge in [-0.1, -0.05) is 11.8 Å². The highest BCUT2D eigenvalue weighted by Gasteiger charge is 2.28. The van der Waals surface area contributed by atoms with Crippen LogP contribution in [0.2, 0.25) is 0 Å². The maximum Gasteiger partial charge on any atom is 0.209 e. The monoisotopic (exact) mass is 291 g/mol. The molecule has 1 saturated carbocycles. The molecule has 0 spiro atoms. The number of tetrazole rings is 1. The predicted octanol–water partition coefficient (Wildman–Crippen LogP) is 2.32. The zero-order valence-corrected chi connectivity index (χ0v) is 12.6. The van der Waals surface area contributed by atoms with Crippen molar-refractivity contribution in [2.24, 2.45) is 0 Å². The molecule has 0 unspecified atom stereocenters. The van der Waals surface area contributed by atoms with Gasteiger partial charge in [0.25, 0.3) is 0 Å². The molecule has 0 aliphatic heterocycles. The molecule has 2 heterocycles. The van der Waals surface area contributed by atoms with Crippen molar-refractivity contribution in [3.63, 3.8) is 0 Å². The lowest BCUT2D eigenvalue weighted by Crippen LogP contribution is -2.01. The Bertz CT molecular complexity index is 623. The van der Waals surface area contributed by atoms with Gasteiger partial charge in [-0.05, 0) is 37.1 Å². The normalized spacial score (nSPS) is 14.6. The van der Waals surface area contributed by atoms with Crippen LogP contribution in [0.4, 0.5) is 0 Å². The van der Waals surface area contributed by atoms with Gasteiger partial charge >= 0.3 is 0 Å². The fraction of sp³-hybridized carbons (Fsp3) is 0.538. The van der Waals surface area contributed by atoms with E-state index in [9.17, 15) is 0 Å². The summed E-state index contributed by atoms with van der Waals surface area (Å²) in [6, 6.07) is 0.495.